The van der Waals surface area contributed by atoms with Crippen molar-refractivity contribution >= 4 is 100.0 Å². The van der Waals surface area contributed by atoms with Gasteiger partial charge in [-0.2, -0.15) is 0 Å². The zero-order valence-electron chi connectivity index (χ0n) is 75.9. The van der Waals surface area contributed by atoms with Gasteiger partial charge < -0.3 is 159 Å². The number of nitrogens with zero attached hydrogens (tertiary/aromatic N) is 1. The van der Waals surface area contributed by atoms with E-state index >= 15 is 33.6 Å². The number of hydrogen-bond donors (Lipinski definition) is 18. The lowest BCUT2D eigenvalue weighted by Gasteiger charge is -2.44. The second-order valence-electron chi connectivity index (χ2n) is 37.4. The maximum Gasteiger partial charge on any atom is 0.330 e. The highest BCUT2D eigenvalue weighted by molar-refractivity contribution is 8.08. The molecule has 24 atom stereocenters. The van der Waals surface area contributed by atoms with Gasteiger partial charge in [-0.1, -0.05) is 47.5 Å². The number of carbonyl (C=O) groups excluding carboxylic acids is 8. The van der Waals surface area contributed by atoms with Crippen LogP contribution in [0.2, 0.25) is 10.0 Å². The number of phenols is 6. The number of carboxylic acid groups (broad SMARTS) is 1. The van der Waals surface area contributed by atoms with Crippen LogP contribution in [0.5, 0.6) is 69.0 Å². The fourth-order valence-electron chi connectivity index (χ4n) is 19.4. The molecule has 17 bridgehead atoms. The van der Waals surface area contributed by atoms with Crippen LogP contribution >= 0.6 is 46.7 Å². The Labute approximate surface area is 818 Å². The molecule has 0 spiro atoms. The van der Waals surface area contributed by atoms with Crippen molar-refractivity contribution in [1.82, 2.24) is 42.1 Å². The number of fused-ring (bicyclic) bond motifs is 20. The molecule has 748 valence electrons. The van der Waals surface area contributed by atoms with Crippen LogP contribution in [-0.2, 0) is 106 Å². The van der Waals surface area contributed by atoms with Gasteiger partial charge in [-0.3, -0.25) is 48.6 Å². The van der Waals surface area contributed by atoms with Crippen molar-refractivity contribution in [2.24, 2.45) is 0 Å². The fraction of sp³-hybridized carbons (Fsp3) is 0.436. The number of nitrogens with one attached hydrogen (secondary N) is 7. The summed E-state index contributed by atoms with van der Waals surface area (Å²) in [6.07, 6.45) is -22.0. The van der Waals surface area contributed by atoms with Gasteiger partial charge in [0.25, 0.3) is 11.8 Å². The lowest BCUT2D eigenvalue weighted by atomic mass is 9.89. The summed E-state index contributed by atoms with van der Waals surface area (Å²) in [6.45, 7) is 13.6. The number of amides is 8. The van der Waals surface area contributed by atoms with Gasteiger partial charge in [0.1, 0.15) is 144 Å². The van der Waals surface area contributed by atoms with E-state index in [2.05, 4.69) is 37.2 Å². The number of rotatable bonds is 12. The Hall–Kier alpha value is -11.5. The largest absolute Gasteiger partial charge is 0.508 e. The summed E-state index contributed by atoms with van der Waals surface area (Å²) in [5.41, 5.74) is -3.26. The zero-order valence-corrected chi connectivity index (χ0v) is 79.0. The van der Waals surface area contributed by atoms with Gasteiger partial charge in [0.2, 0.25) is 41.2 Å². The van der Waals surface area contributed by atoms with Gasteiger partial charge in [-0.25, -0.2) is 4.79 Å². The zero-order chi connectivity index (χ0) is 100. The van der Waals surface area contributed by atoms with Crippen LogP contribution < -0.4 is 51.4 Å². The monoisotopic (exact) mass is 2030 g/mol. The number of hydrogen-bond acceptors (Lipinski definition) is 37. The first kappa shape index (κ1) is 98.3. The Kier molecular flexibility index (Phi) is 26.0. The number of phenolic OH excluding ortho intramolecular Hbond substituents is 6. The Morgan fingerprint density at radius 1 is 0.496 bits per heavy atom. The molecule has 7 saturated heterocycles. The first-order chi connectivity index (χ1) is 66.7. The number of aliphatic hydroxyl groups excluding tert-OH is 4. The Balaban J connectivity index is 0.732. The normalized spacial score (nSPS) is 32.2. The molecule has 21 rings (SSSR count). The SMILES string of the molecule is CC(=O)N[C@H]1[C@H](O[C@@H]2c3ccc(c(Cl)c3)Oc3cc4cc(c3O)Oc3ccc(cc3Cl)C[C@H]3NC(=O)[C@H](N5C(=O)C(SC[C@H]6O[C@@H]7OC(C)(C)O[C@@H]7[C@H]7OC(C)(C)O[C@H]76)=C(SC[C@H]6O[C@@H]7OC(C)(C)O[C@@H]7[C@H]7OC(C)(C)O[C@H]76)C5=O)c5ccc(O)c(c5)Oc5cc(O)cc(c5)[C@H](NC3=O)C(=O)N[C@H]4C(O)N[C@H]3C(=O)N[C@H]2C(=O)N[C@@H](C(=O)O)c2cc(O)cc(O)c2-c2cc3ccc2O)O[C@H](CO)[C@@H](O)[C@@H]1O. The van der Waals surface area contributed by atoms with Gasteiger partial charge in [0.15, 0.2) is 71.1 Å². The fourth-order valence-corrected chi connectivity index (χ4v) is 22.3. The first-order valence-electron chi connectivity index (χ1n) is 44.6. The summed E-state index contributed by atoms with van der Waals surface area (Å²) >= 11 is 16.2. The van der Waals surface area contributed by atoms with Crippen molar-refractivity contribution in [1.29, 1.82) is 0 Å². The number of benzene rings is 7. The van der Waals surface area contributed by atoms with Crippen molar-refractivity contribution in [2.45, 2.75) is 239 Å². The Morgan fingerprint density at radius 2 is 1.05 bits per heavy atom. The van der Waals surface area contributed by atoms with E-state index in [0.717, 1.165) is 115 Å². The number of thioether (sulfide) groups is 2. The van der Waals surface area contributed by atoms with Crippen LogP contribution in [0, 0.1) is 0 Å². The second kappa shape index (κ2) is 37.4. The Morgan fingerprint density at radius 3 is 1.65 bits per heavy atom. The summed E-state index contributed by atoms with van der Waals surface area (Å²) in [5.74, 6) is -24.4. The lowest BCUT2D eigenvalue weighted by Crippen LogP contribution is -2.65. The smallest absolute Gasteiger partial charge is 0.330 e. The molecule has 47 heteroatoms. The minimum absolute atomic E-state index is 0.118. The molecule has 0 aromatic heterocycles. The van der Waals surface area contributed by atoms with Gasteiger partial charge in [-0.05, 0) is 168 Å². The van der Waals surface area contributed by atoms with E-state index in [1.165, 1.54) is 30.3 Å². The molecule has 18 N–H and O–H groups in total. The molecule has 0 saturated carbocycles. The number of imide groups is 1. The van der Waals surface area contributed by atoms with Crippen LogP contribution in [0.4, 0.5) is 0 Å². The Bertz CT molecular complexity index is 6240. The highest BCUT2D eigenvalue weighted by Gasteiger charge is 2.64. The summed E-state index contributed by atoms with van der Waals surface area (Å²) in [5, 5.41) is 147. The minimum atomic E-state index is -2.57. The highest BCUT2D eigenvalue weighted by atomic mass is 35.5. The van der Waals surface area contributed by atoms with Crippen LogP contribution in [-0.4, -0.2) is 266 Å². The van der Waals surface area contributed by atoms with E-state index in [1.807, 2.05) is 0 Å². The number of carbonyl (C=O) groups is 9. The number of ether oxygens (including phenoxy) is 15. The van der Waals surface area contributed by atoms with E-state index in [0.29, 0.717) is 4.90 Å². The molecule has 7 fully saturated rings. The van der Waals surface area contributed by atoms with Crippen molar-refractivity contribution < 1.29 is 170 Å². The molecule has 0 aliphatic carbocycles. The van der Waals surface area contributed by atoms with Crippen LogP contribution in [0.25, 0.3) is 11.1 Å². The number of aliphatic carboxylic acids is 1. The number of aromatic hydroxyl groups is 6. The molecule has 14 heterocycles. The summed E-state index contributed by atoms with van der Waals surface area (Å²) in [4.78, 5) is 141. The third kappa shape index (κ3) is 19.1. The summed E-state index contributed by atoms with van der Waals surface area (Å²) in [7, 11) is 0. The van der Waals surface area contributed by atoms with Gasteiger partial charge in [0.05, 0.1) is 44.7 Å². The van der Waals surface area contributed by atoms with Crippen LogP contribution in [0.15, 0.2) is 125 Å². The molecule has 141 heavy (non-hydrogen) atoms. The molecule has 0 radical (unpaired) electrons. The van der Waals surface area contributed by atoms with Crippen molar-refractivity contribution in [3.05, 3.63) is 174 Å². The third-order valence-corrected chi connectivity index (χ3v) is 28.6. The van der Waals surface area contributed by atoms with Crippen LogP contribution in [0.1, 0.15) is 138 Å². The standard InChI is InChI=1S/C94H96Cl2N8O35S2/c1-33(106)97-64-69(114)68(113)56(30-105)128-88(64)131-70-37-13-17-52(46(96)23-37)127-55-26-39-25-54(67(55)112)126-51-16-10-34(18-45(51)95)19-47-79(115)99-61(81(117)101-62(39)82(118)100-60-35-11-14-48(109)43(22-35)59-44(28-41(108)29-50(59)111)63(87(123)124)102-83(119)65(70)103-80(60)116)38-20-40(107)27-42(21-38)125-53-24-36(12-15-49(53)110)66(84(120)98-47)104-85(121)77(140-31-57-71-73(134-91(2,3)132-71)75-89(129-57)138-93(6,7)136-75)78(86(104)122)141-32-58-72-74(135-92(4,5)133-72)76-90(130-58)139-94(8,9)137-76/h10-18,20-29,47,56-58,60-66,68-76,82,88-90,100,105,107-114,118H,19,30-32H2,1-9H3,(H,97,106)(H,98,120)(H,99,115)(H,101,117)(H,102,119)(H,103,116)(H,123,124)/t47-,56-,57-,58-,60-,61+,62-,63-,64-,65-,66-,68-,69-,70-,71+,72+,73+,74+,75-,76-,82?,88+,89-,90-/m1/s1. The van der Waals surface area contributed by atoms with Gasteiger partial charge in [-0.15, -0.1) is 23.5 Å². The predicted molar refractivity (Wildman–Crippen MR) is 485 cm³/mol. The molecule has 43 nitrogen and oxygen atoms in total. The van der Waals surface area contributed by atoms with Crippen molar-refractivity contribution in [3.8, 4) is 80.1 Å². The van der Waals surface area contributed by atoms with Gasteiger partial charge >= 0.3 is 5.97 Å². The molecule has 7 aromatic rings. The molecular weight excluding hydrogens is 1940 g/mol. The second-order valence-corrected chi connectivity index (χ2v) is 40.3. The average Bonchev–Trinajstić information content (AvgIpc) is 1.60. The number of aliphatic hydroxyl groups is 4. The maximum atomic E-state index is 16.6. The van der Waals surface area contributed by atoms with E-state index in [9.17, 15) is 65.8 Å². The summed E-state index contributed by atoms with van der Waals surface area (Å²) < 4.78 is 96.3. The molecule has 7 aromatic carbocycles. The van der Waals surface area contributed by atoms with Crippen LogP contribution in [0.3, 0.4) is 0 Å². The number of carboxylic acids is 1. The highest BCUT2D eigenvalue weighted by Crippen LogP contribution is 2.54. The summed E-state index contributed by atoms with van der Waals surface area (Å²) in [6, 6.07) is 3.21. The first-order valence-corrected chi connectivity index (χ1v) is 47.3. The molecule has 14 aliphatic heterocycles. The number of halogens is 2. The topological polar surface area (TPSA) is 602 Å². The molecular formula is C94H96Cl2N8O35S2. The van der Waals surface area contributed by atoms with E-state index in [1.54, 1.807) is 55.4 Å². The van der Waals surface area contributed by atoms with E-state index < -0.39 is 321 Å². The minimum Gasteiger partial charge on any atom is -0.508 e. The molecule has 1 unspecified atom stereocenters. The third-order valence-electron chi connectivity index (χ3n) is 25.6. The quantitative estimate of drug-likeness (QED) is 0.0659. The van der Waals surface area contributed by atoms with E-state index in [-0.39, 0.29) is 65.5 Å². The lowest BCUT2D eigenvalue weighted by molar-refractivity contribution is -0.284. The predicted octanol–water partition coefficient (Wildman–Crippen LogP) is 5.63. The average molecular weight is 2030 g/mol. The van der Waals surface area contributed by atoms with Gasteiger partial charge in [0, 0.05) is 53.7 Å². The van der Waals surface area contributed by atoms with Crippen molar-refractivity contribution in [2.75, 3.05) is 18.1 Å². The molecule has 14 aliphatic rings. The maximum absolute atomic E-state index is 16.6. The van der Waals surface area contributed by atoms with Crippen molar-refractivity contribution in [3.63, 3.8) is 0 Å². The van der Waals surface area contributed by atoms with E-state index in [4.69, 9.17) is 94.3 Å². The molecule has 8 amide bonds.